The third kappa shape index (κ3) is 4.76. The molecule has 37 heavy (non-hydrogen) atoms. The average molecular weight is 529 g/mol. The van der Waals surface area contributed by atoms with Gasteiger partial charge in [-0.3, -0.25) is 14.6 Å². The fourth-order valence-corrected chi connectivity index (χ4v) is 5.80. The summed E-state index contributed by atoms with van der Waals surface area (Å²) in [6.45, 7) is 0.602. The van der Waals surface area contributed by atoms with Gasteiger partial charge in [0.05, 0.1) is 35.2 Å². The van der Waals surface area contributed by atoms with Gasteiger partial charge in [-0.15, -0.1) is 0 Å². The lowest BCUT2D eigenvalue weighted by molar-refractivity contribution is -0.139. The summed E-state index contributed by atoms with van der Waals surface area (Å²) in [5.41, 5.74) is 1.67. The number of ketones is 2. The average Bonchev–Trinajstić information content (AvgIpc) is 2.88. The molecule has 0 unspecified atom stereocenters. The van der Waals surface area contributed by atoms with Gasteiger partial charge in [-0.05, 0) is 47.9 Å². The molecule has 1 aromatic heterocycles. The second kappa shape index (κ2) is 9.91. The Morgan fingerprint density at radius 2 is 1.78 bits per heavy atom. The largest absolute Gasteiger partial charge is 0.497 e. The number of benzene rings is 2. The number of rotatable bonds is 4. The SMILES string of the molecule is COc1ccc([C@@H]2CC(=O)[C@@H]([C@H]3NCCc4ccccc43)C(=O)[C@@H]2c2ncc(C(F)(F)F)cc2Cl)cc1. The van der Waals surface area contributed by atoms with Crippen molar-refractivity contribution in [3.05, 3.63) is 93.8 Å². The first-order chi connectivity index (χ1) is 17.7. The molecule has 192 valence electrons. The highest BCUT2D eigenvalue weighted by Gasteiger charge is 2.50. The summed E-state index contributed by atoms with van der Waals surface area (Å²) in [5.74, 6) is -2.68. The zero-order chi connectivity index (χ0) is 26.3. The molecule has 0 spiro atoms. The van der Waals surface area contributed by atoms with Crippen LogP contribution in [-0.4, -0.2) is 30.2 Å². The first-order valence-electron chi connectivity index (χ1n) is 11.9. The number of nitrogens with one attached hydrogen (secondary N) is 1. The van der Waals surface area contributed by atoms with E-state index in [9.17, 15) is 22.8 Å². The van der Waals surface area contributed by atoms with Crippen LogP contribution in [0, 0.1) is 5.92 Å². The summed E-state index contributed by atoms with van der Waals surface area (Å²) in [5, 5.41) is 3.08. The van der Waals surface area contributed by atoms with E-state index in [0.717, 1.165) is 23.6 Å². The van der Waals surface area contributed by atoms with E-state index in [0.29, 0.717) is 24.1 Å². The summed E-state index contributed by atoms with van der Waals surface area (Å²) in [7, 11) is 1.52. The smallest absolute Gasteiger partial charge is 0.417 e. The number of hydrogen-bond donors (Lipinski definition) is 1. The normalized spacial score (nSPS) is 24.0. The van der Waals surface area contributed by atoms with E-state index >= 15 is 0 Å². The fourth-order valence-electron chi connectivity index (χ4n) is 5.52. The minimum atomic E-state index is -4.63. The van der Waals surface area contributed by atoms with Crippen LogP contribution < -0.4 is 10.1 Å². The first-order valence-corrected chi connectivity index (χ1v) is 12.3. The van der Waals surface area contributed by atoms with Crippen LogP contribution in [0.5, 0.6) is 5.75 Å². The molecule has 1 aliphatic carbocycles. The first kappa shape index (κ1) is 25.4. The van der Waals surface area contributed by atoms with Crippen LogP contribution in [0.4, 0.5) is 13.2 Å². The Morgan fingerprint density at radius 1 is 1.05 bits per heavy atom. The molecule has 0 radical (unpaired) electrons. The second-order valence-corrected chi connectivity index (χ2v) is 9.78. The molecule has 4 atom stereocenters. The number of methoxy groups -OCH3 is 1. The molecule has 2 aromatic carbocycles. The molecule has 0 bridgehead atoms. The second-order valence-electron chi connectivity index (χ2n) is 9.38. The van der Waals surface area contributed by atoms with Crippen LogP contribution in [0.2, 0.25) is 5.02 Å². The van der Waals surface area contributed by atoms with Crippen molar-refractivity contribution >= 4 is 23.2 Å². The van der Waals surface area contributed by atoms with Gasteiger partial charge in [0, 0.05) is 24.6 Å². The van der Waals surface area contributed by atoms with Gasteiger partial charge < -0.3 is 10.1 Å². The zero-order valence-electron chi connectivity index (χ0n) is 19.9. The molecule has 1 aliphatic heterocycles. The number of nitrogens with zero attached hydrogens (tertiary/aromatic N) is 1. The maximum absolute atomic E-state index is 14.2. The van der Waals surface area contributed by atoms with Crippen LogP contribution in [0.3, 0.4) is 0 Å². The quantitative estimate of drug-likeness (QED) is 0.442. The van der Waals surface area contributed by atoms with Gasteiger partial charge in [0.25, 0.3) is 0 Å². The molecule has 1 saturated carbocycles. The topological polar surface area (TPSA) is 68.3 Å². The van der Waals surface area contributed by atoms with Crippen LogP contribution in [0.15, 0.2) is 60.8 Å². The molecule has 0 saturated heterocycles. The number of carbonyl (C=O) groups is 2. The third-order valence-electron chi connectivity index (χ3n) is 7.30. The summed E-state index contributed by atoms with van der Waals surface area (Å²) in [6, 6.07) is 14.9. The van der Waals surface area contributed by atoms with Crippen LogP contribution >= 0.6 is 11.6 Å². The van der Waals surface area contributed by atoms with Gasteiger partial charge in [0.2, 0.25) is 0 Å². The van der Waals surface area contributed by atoms with Gasteiger partial charge in [-0.25, -0.2) is 0 Å². The summed E-state index contributed by atoms with van der Waals surface area (Å²) < 4.78 is 45.1. The van der Waals surface area contributed by atoms with Crippen molar-refractivity contribution in [1.82, 2.24) is 10.3 Å². The number of aromatic nitrogens is 1. The van der Waals surface area contributed by atoms with E-state index in [1.54, 1.807) is 24.3 Å². The number of fused-ring (bicyclic) bond motifs is 1. The lowest BCUT2D eigenvalue weighted by Gasteiger charge is -2.39. The highest BCUT2D eigenvalue weighted by atomic mass is 35.5. The Kier molecular flexibility index (Phi) is 6.81. The van der Waals surface area contributed by atoms with Crippen molar-refractivity contribution in [3.63, 3.8) is 0 Å². The fraction of sp³-hybridized carbons (Fsp3) is 0.321. The number of pyridine rings is 1. The molecule has 5 rings (SSSR count). The van der Waals surface area contributed by atoms with E-state index in [4.69, 9.17) is 16.3 Å². The molecule has 1 N–H and O–H groups in total. The lowest BCUT2D eigenvalue weighted by Crippen LogP contribution is -2.47. The van der Waals surface area contributed by atoms with E-state index in [1.807, 2.05) is 24.3 Å². The number of halogens is 4. The van der Waals surface area contributed by atoms with Gasteiger partial charge >= 0.3 is 6.18 Å². The van der Waals surface area contributed by atoms with Crippen molar-refractivity contribution < 1.29 is 27.5 Å². The van der Waals surface area contributed by atoms with Gasteiger partial charge in [-0.1, -0.05) is 48.0 Å². The van der Waals surface area contributed by atoms with Gasteiger partial charge in [0.1, 0.15) is 11.5 Å². The Hall–Kier alpha value is -3.23. The van der Waals surface area contributed by atoms with E-state index in [1.165, 1.54) is 7.11 Å². The highest BCUT2D eigenvalue weighted by molar-refractivity contribution is 6.31. The van der Waals surface area contributed by atoms with Crippen LogP contribution in [0.25, 0.3) is 0 Å². The predicted octanol–water partition coefficient (Wildman–Crippen LogP) is 5.67. The molecule has 0 amide bonds. The molecular weight excluding hydrogens is 505 g/mol. The maximum atomic E-state index is 14.2. The maximum Gasteiger partial charge on any atom is 0.417 e. The van der Waals surface area contributed by atoms with Crippen LogP contribution in [0.1, 0.15) is 52.2 Å². The Labute approximate surface area is 217 Å². The molecule has 2 aliphatic rings. The Bertz CT molecular complexity index is 1340. The van der Waals surface area contributed by atoms with Crippen molar-refractivity contribution in [1.29, 1.82) is 0 Å². The predicted molar refractivity (Wildman–Crippen MR) is 132 cm³/mol. The monoisotopic (exact) mass is 528 g/mol. The summed E-state index contributed by atoms with van der Waals surface area (Å²) in [6.07, 6.45) is -3.15. The molecular formula is C28H24ClF3N2O3. The van der Waals surface area contributed by atoms with E-state index in [-0.39, 0.29) is 22.9 Å². The van der Waals surface area contributed by atoms with Crippen LogP contribution in [-0.2, 0) is 22.2 Å². The molecule has 9 heteroatoms. The summed E-state index contributed by atoms with van der Waals surface area (Å²) >= 11 is 6.35. The van der Waals surface area contributed by atoms with Crippen molar-refractivity contribution in [2.24, 2.45) is 5.92 Å². The minimum absolute atomic E-state index is 0.0206. The molecule has 5 nitrogen and oxygen atoms in total. The number of alkyl halides is 3. The van der Waals surface area contributed by atoms with Gasteiger partial charge in [0.15, 0.2) is 5.78 Å². The molecule has 2 heterocycles. The van der Waals surface area contributed by atoms with Crippen molar-refractivity contribution in [3.8, 4) is 5.75 Å². The number of hydrogen-bond acceptors (Lipinski definition) is 5. The van der Waals surface area contributed by atoms with Crippen molar-refractivity contribution in [2.75, 3.05) is 13.7 Å². The summed E-state index contributed by atoms with van der Waals surface area (Å²) in [4.78, 5) is 31.8. The highest BCUT2D eigenvalue weighted by Crippen LogP contribution is 2.48. The Morgan fingerprint density at radius 3 is 2.46 bits per heavy atom. The molecule has 1 fully saturated rings. The Balaban J connectivity index is 1.60. The number of carbonyl (C=O) groups excluding carboxylic acids is 2. The number of Topliss-reactive ketones (excluding diaryl/α,β-unsaturated/α-hetero) is 2. The van der Waals surface area contributed by atoms with Crippen molar-refractivity contribution in [2.45, 2.75) is 36.9 Å². The lowest BCUT2D eigenvalue weighted by atomic mass is 9.65. The van der Waals surface area contributed by atoms with E-state index in [2.05, 4.69) is 10.3 Å². The third-order valence-corrected chi connectivity index (χ3v) is 7.60. The zero-order valence-corrected chi connectivity index (χ0v) is 20.6. The van der Waals surface area contributed by atoms with E-state index < -0.39 is 41.3 Å². The standard InChI is InChI=1S/C28H24ClF3N2O3/c1-37-18-8-6-16(7-9-18)20-13-22(35)24(25-19-5-3-2-4-15(19)10-11-33-25)27(36)23(20)26-21(29)12-17(14-34-26)28(30,31)32/h2-9,12,14,20,23-25,33H,10-11,13H2,1H3/t20-,23-,24-,25-/m0/s1. The molecule has 3 aromatic rings. The minimum Gasteiger partial charge on any atom is -0.497 e. The number of ether oxygens (including phenoxy) is 1. The van der Waals surface area contributed by atoms with Gasteiger partial charge in [-0.2, -0.15) is 13.2 Å².